The molecule has 0 heterocycles. The Labute approximate surface area is 127 Å². The molecule has 5 heteroatoms. The van der Waals surface area contributed by atoms with Gasteiger partial charge in [0.15, 0.2) is 0 Å². The van der Waals surface area contributed by atoms with Gasteiger partial charge in [-0.05, 0) is 35.3 Å². The van der Waals surface area contributed by atoms with Crippen molar-refractivity contribution < 1.29 is 14.7 Å². The van der Waals surface area contributed by atoms with E-state index in [0.717, 1.165) is 10.8 Å². The summed E-state index contributed by atoms with van der Waals surface area (Å²) >= 11 is 1.56. The summed E-state index contributed by atoms with van der Waals surface area (Å²) in [5, 5.41) is 13.6. The van der Waals surface area contributed by atoms with Crippen LogP contribution in [0.15, 0.2) is 42.5 Å². The number of hydrogen-bond acceptors (Lipinski definition) is 3. The standard InChI is InChI=1S/C16H17NO3S/c1-21-10-9-14(16(19)20)17-15(18)13-8-4-6-11-5-2-3-7-12(11)13/h2-8,14H,9-10H2,1H3,(H,17,18)(H,19,20)/t14-/m0/s1. The summed E-state index contributed by atoms with van der Waals surface area (Å²) in [6.45, 7) is 0. The van der Waals surface area contributed by atoms with Gasteiger partial charge in [-0.15, -0.1) is 0 Å². The lowest BCUT2D eigenvalue weighted by molar-refractivity contribution is -0.139. The molecule has 0 saturated carbocycles. The Morgan fingerprint density at radius 2 is 1.90 bits per heavy atom. The molecule has 0 aliphatic heterocycles. The average molecular weight is 303 g/mol. The summed E-state index contributed by atoms with van der Waals surface area (Å²) in [7, 11) is 0. The van der Waals surface area contributed by atoms with E-state index in [4.69, 9.17) is 0 Å². The molecule has 2 rings (SSSR count). The molecule has 0 aromatic heterocycles. The van der Waals surface area contributed by atoms with Crippen molar-refractivity contribution in [3.63, 3.8) is 0 Å². The molecule has 2 aromatic rings. The van der Waals surface area contributed by atoms with Gasteiger partial charge >= 0.3 is 5.97 Å². The van der Waals surface area contributed by atoms with Crippen molar-refractivity contribution in [1.82, 2.24) is 5.32 Å². The second-order valence-electron chi connectivity index (χ2n) is 4.67. The van der Waals surface area contributed by atoms with E-state index in [0.29, 0.717) is 17.7 Å². The van der Waals surface area contributed by atoms with Gasteiger partial charge in [-0.2, -0.15) is 11.8 Å². The number of carbonyl (C=O) groups is 2. The second-order valence-corrected chi connectivity index (χ2v) is 5.66. The van der Waals surface area contributed by atoms with Crippen LogP contribution in [-0.2, 0) is 4.79 Å². The summed E-state index contributed by atoms with van der Waals surface area (Å²) in [5.41, 5.74) is 0.503. The fourth-order valence-electron chi connectivity index (χ4n) is 2.15. The first kappa shape index (κ1) is 15.4. The minimum absolute atomic E-state index is 0.347. The highest BCUT2D eigenvalue weighted by Crippen LogP contribution is 2.18. The Kier molecular flexibility index (Phi) is 5.22. The van der Waals surface area contributed by atoms with Crippen LogP contribution in [-0.4, -0.2) is 35.0 Å². The third kappa shape index (κ3) is 3.76. The number of carboxylic acid groups (broad SMARTS) is 1. The molecular weight excluding hydrogens is 286 g/mol. The fourth-order valence-corrected chi connectivity index (χ4v) is 2.62. The van der Waals surface area contributed by atoms with Crippen molar-refractivity contribution in [2.24, 2.45) is 0 Å². The number of nitrogens with one attached hydrogen (secondary N) is 1. The van der Waals surface area contributed by atoms with E-state index >= 15 is 0 Å². The number of benzene rings is 2. The molecule has 0 aliphatic carbocycles. The average Bonchev–Trinajstić information content (AvgIpc) is 2.50. The van der Waals surface area contributed by atoms with Crippen LogP contribution in [0.4, 0.5) is 0 Å². The van der Waals surface area contributed by atoms with Gasteiger partial charge in [-0.3, -0.25) is 4.79 Å². The van der Waals surface area contributed by atoms with Gasteiger partial charge in [-0.25, -0.2) is 4.79 Å². The minimum atomic E-state index is -1.00. The Balaban J connectivity index is 2.23. The largest absolute Gasteiger partial charge is 0.480 e. The van der Waals surface area contributed by atoms with E-state index < -0.39 is 12.0 Å². The van der Waals surface area contributed by atoms with Crippen molar-refractivity contribution in [3.05, 3.63) is 48.0 Å². The smallest absolute Gasteiger partial charge is 0.326 e. The maximum atomic E-state index is 12.4. The Morgan fingerprint density at radius 3 is 2.62 bits per heavy atom. The molecule has 0 unspecified atom stereocenters. The predicted octanol–water partition coefficient (Wildman–Crippen LogP) is 2.78. The van der Waals surface area contributed by atoms with Crippen LogP contribution in [0.3, 0.4) is 0 Å². The molecule has 2 aromatic carbocycles. The Morgan fingerprint density at radius 1 is 1.19 bits per heavy atom. The van der Waals surface area contributed by atoms with Crippen molar-refractivity contribution in [2.45, 2.75) is 12.5 Å². The molecule has 0 fully saturated rings. The molecule has 0 radical (unpaired) electrons. The van der Waals surface area contributed by atoms with Gasteiger partial charge in [0, 0.05) is 5.56 Å². The number of carbonyl (C=O) groups excluding carboxylic acids is 1. The molecule has 0 saturated heterocycles. The fraction of sp³-hybridized carbons (Fsp3) is 0.250. The zero-order chi connectivity index (χ0) is 15.2. The normalized spacial score (nSPS) is 12.0. The first-order valence-electron chi connectivity index (χ1n) is 6.64. The number of thioether (sulfide) groups is 1. The van der Waals surface area contributed by atoms with Crippen molar-refractivity contribution in [1.29, 1.82) is 0 Å². The lowest BCUT2D eigenvalue weighted by atomic mass is 10.0. The van der Waals surface area contributed by atoms with E-state index in [1.807, 2.05) is 36.6 Å². The highest BCUT2D eigenvalue weighted by Gasteiger charge is 2.20. The summed E-state index contributed by atoms with van der Waals surface area (Å²) in [6, 6.07) is 12.1. The van der Waals surface area contributed by atoms with Crippen LogP contribution in [0.25, 0.3) is 10.8 Å². The zero-order valence-corrected chi connectivity index (χ0v) is 12.5. The van der Waals surface area contributed by atoms with Crippen LogP contribution in [0, 0.1) is 0 Å². The van der Waals surface area contributed by atoms with Gasteiger partial charge in [0.25, 0.3) is 5.91 Å². The quantitative estimate of drug-likeness (QED) is 0.861. The molecule has 1 amide bonds. The number of amides is 1. The van der Waals surface area contributed by atoms with Crippen LogP contribution >= 0.6 is 11.8 Å². The summed E-state index contributed by atoms with van der Waals surface area (Å²) in [4.78, 5) is 23.6. The number of hydrogen-bond donors (Lipinski definition) is 2. The van der Waals surface area contributed by atoms with Crippen molar-refractivity contribution >= 4 is 34.4 Å². The molecule has 0 aliphatic rings. The minimum Gasteiger partial charge on any atom is -0.480 e. The highest BCUT2D eigenvalue weighted by molar-refractivity contribution is 7.98. The SMILES string of the molecule is CSCC[C@H](NC(=O)c1cccc2ccccc12)C(=O)O. The van der Waals surface area contributed by atoms with Gasteiger partial charge in [-0.1, -0.05) is 36.4 Å². The third-order valence-electron chi connectivity index (χ3n) is 3.25. The van der Waals surface area contributed by atoms with Gasteiger partial charge < -0.3 is 10.4 Å². The molecule has 0 bridgehead atoms. The van der Waals surface area contributed by atoms with E-state index in [2.05, 4.69) is 5.32 Å². The first-order valence-corrected chi connectivity index (χ1v) is 8.03. The summed E-state index contributed by atoms with van der Waals surface area (Å²) in [6.07, 6.45) is 2.32. The molecule has 0 spiro atoms. The Bertz CT molecular complexity index is 652. The molecule has 110 valence electrons. The number of aliphatic carboxylic acids is 1. The second kappa shape index (κ2) is 7.13. The third-order valence-corrected chi connectivity index (χ3v) is 3.89. The molecule has 4 nitrogen and oxygen atoms in total. The molecule has 1 atom stereocenters. The molecule has 2 N–H and O–H groups in total. The highest BCUT2D eigenvalue weighted by atomic mass is 32.2. The van der Waals surface area contributed by atoms with E-state index in [1.165, 1.54) is 0 Å². The Hall–Kier alpha value is -2.01. The number of fused-ring (bicyclic) bond motifs is 1. The van der Waals surface area contributed by atoms with E-state index in [1.54, 1.807) is 23.9 Å². The van der Waals surface area contributed by atoms with Gasteiger partial charge in [0.2, 0.25) is 0 Å². The van der Waals surface area contributed by atoms with Crippen LogP contribution in [0.2, 0.25) is 0 Å². The topological polar surface area (TPSA) is 66.4 Å². The van der Waals surface area contributed by atoms with E-state index in [9.17, 15) is 14.7 Å². The lowest BCUT2D eigenvalue weighted by Crippen LogP contribution is -2.41. The maximum Gasteiger partial charge on any atom is 0.326 e. The first-order chi connectivity index (χ1) is 10.1. The van der Waals surface area contributed by atoms with Crippen molar-refractivity contribution in [3.8, 4) is 0 Å². The number of carboxylic acids is 1. The van der Waals surface area contributed by atoms with Crippen LogP contribution in [0.5, 0.6) is 0 Å². The predicted molar refractivity (Wildman–Crippen MR) is 85.8 cm³/mol. The summed E-state index contributed by atoms with van der Waals surface area (Å²) < 4.78 is 0. The van der Waals surface area contributed by atoms with Gasteiger partial charge in [0.05, 0.1) is 0 Å². The van der Waals surface area contributed by atoms with Crippen LogP contribution < -0.4 is 5.32 Å². The van der Waals surface area contributed by atoms with Gasteiger partial charge in [0.1, 0.15) is 6.04 Å². The summed E-state index contributed by atoms with van der Waals surface area (Å²) in [5.74, 6) is -0.662. The lowest BCUT2D eigenvalue weighted by Gasteiger charge is -2.15. The zero-order valence-electron chi connectivity index (χ0n) is 11.7. The van der Waals surface area contributed by atoms with E-state index in [-0.39, 0.29) is 5.91 Å². The van der Waals surface area contributed by atoms with Crippen molar-refractivity contribution in [2.75, 3.05) is 12.0 Å². The van der Waals surface area contributed by atoms with Crippen LogP contribution in [0.1, 0.15) is 16.8 Å². The number of rotatable bonds is 6. The monoisotopic (exact) mass is 303 g/mol. The maximum absolute atomic E-state index is 12.4. The molecular formula is C16H17NO3S. The molecule has 21 heavy (non-hydrogen) atoms.